The van der Waals surface area contributed by atoms with Gasteiger partial charge in [0.2, 0.25) is 0 Å². The summed E-state index contributed by atoms with van der Waals surface area (Å²) < 4.78 is 33.1. The van der Waals surface area contributed by atoms with E-state index in [1.165, 1.54) is 7.11 Å². The van der Waals surface area contributed by atoms with Crippen LogP contribution in [0.4, 0.5) is 0 Å². The highest BCUT2D eigenvalue weighted by atomic mass is 32.2. The quantitative estimate of drug-likeness (QED) is 0.0448. The molecule has 0 spiro atoms. The van der Waals surface area contributed by atoms with Crippen molar-refractivity contribution in [2.24, 2.45) is 29.6 Å². The fraction of sp³-hybridized carbons (Fsp3) is 0.585. The largest absolute Gasteiger partial charge is 0.474 e. The summed E-state index contributed by atoms with van der Waals surface area (Å²) in [6.45, 7) is 13.6. The SMILES string of the molecule is [C-]#[N+]/C(C(=O)OC)=C1/Sc2c(OC(=O)C3CCC(C)CC3)ccc(OC(=O)C3CCC(OC(=O)C4CCC(C(=O)OCCCCOC(=O)C=C)CC4)CC3)c2S1. The van der Waals surface area contributed by atoms with Gasteiger partial charge in [-0.1, -0.05) is 37.0 Å². The predicted molar refractivity (Wildman–Crippen MR) is 205 cm³/mol. The molecule has 1 aromatic rings. The van der Waals surface area contributed by atoms with Crippen molar-refractivity contribution >= 4 is 59.3 Å². The van der Waals surface area contributed by atoms with Crippen molar-refractivity contribution in [2.45, 2.75) is 113 Å². The van der Waals surface area contributed by atoms with Crippen LogP contribution < -0.4 is 9.47 Å². The second-order valence-electron chi connectivity index (χ2n) is 14.7. The molecule has 5 rings (SSSR count). The number of thioether (sulfide) groups is 2. The third-order valence-electron chi connectivity index (χ3n) is 10.8. The Balaban J connectivity index is 1.10. The number of carbonyl (C=O) groups excluding carboxylic acids is 6. The van der Waals surface area contributed by atoms with Gasteiger partial charge in [0.05, 0.1) is 64.6 Å². The van der Waals surface area contributed by atoms with Gasteiger partial charge in [-0.15, -0.1) is 0 Å². The minimum atomic E-state index is -0.795. The zero-order valence-electron chi connectivity index (χ0n) is 31.9. The molecule has 13 nitrogen and oxygen atoms in total. The molecule has 0 bridgehead atoms. The Hall–Kier alpha value is -4.29. The van der Waals surface area contributed by atoms with Crippen LogP contribution in [-0.2, 0) is 47.7 Å². The van der Waals surface area contributed by atoms with Crippen LogP contribution in [0.15, 0.2) is 44.5 Å². The van der Waals surface area contributed by atoms with E-state index in [1.807, 2.05) is 0 Å². The topological polar surface area (TPSA) is 162 Å². The number of methoxy groups -OCH3 is 1. The van der Waals surface area contributed by atoms with Crippen molar-refractivity contribution in [3.8, 4) is 11.5 Å². The lowest BCUT2D eigenvalue weighted by Crippen LogP contribution is -2.33. The molecule has 0 unspecified atom stereocenters. The Morgan fingerprint density at radius 2 is 1.18 bits per heavy atom. The van der Waals surface area contributed by atoms with Crippen LogP contribution >= 0.6 is 23.5 Å². The highest BCUT2D eigenvalue weighted by molar-refractivity contribution is 8.24. The molecule has 0 aromatic heterocycles. The number of hydrogen-bond acceptors (Lipinski definition) is 14. The van der Waals surface area contributed by atoms with Gasteiger partial charge in [-0.3, -0.25) is 24.0 Å². The van der Waals surface area contributed by atoms with Gasteiger partial charge in [0, 0.05) is 6.08 Å². The summed E-state index contributed by atoms with van der Waals surface area (Å²) in [5, 5.41) is 0. The Morgan fingerprint density at radius 1 is 0.714 bits per heavy atom. The second kappa shape index (κ2) is 20.8. The maximum Gasteiger partial charge on any atom is 0.337 e. The Bertz CT molecular complexity index is 1730. The molecule has 3 aliphatic carbocycles. The Morgan fingerprint density at radius 3 is 1.68 bits per heavy atom. The third kappa shape index (κ3) is 11.4. The van der Waals surface area contributed by atoms with Gasteiger partial charge in [-0.25, -0.2) is 9.64 Å². The van der Waals surface area contributed by atoms with Gasteiger partial charge >= 0.3 is 35.8 Å². The first-order valence-corrected chi connectivity index (χ1v) is 21.0. The van der Waals surface area contributed by atoms with E-state index in [0.717, 1.165) is 55.3 Å². The number of benzene rings is 1. The summed E-state index contributed by atoms with van der Waals surface area (Å²) in [5.41, 5.74) is -0.216. The van der Waals surface area contributed by atoms with Crippen LogP contribution in [0.5, 0.6) is 11.5 Å². The standard InChI is InChI=1S/C41H49NO12S2/c1-5-32(43)50-22-6-7-23-51-36(44)25-12-14-27(15-13-25)37(45)52-29-18-16-28(17-19-29)39(47)54-31-21-20-30(53-38(46)26-10-8-24(2)9-11-26)34-35(31)56-41(55-34)33(42-3)40(48)49-4/h5,20-21,24-29H,1,6-19,22-23H2,2,4H3/b41-33-. The number of nitrogens with zero attached hydrogens (tertiary/aromatic N) is 1. The smallest absolute Gasteiger partial charge is 0.337 e. The van der Waals surface area contributed by atoms with E-state index in [-0.39, 0.29) is 72.2 Å². The fourth-order valence-electron chi connectivity index (χ4n) is 7.30. The van der Waals surface area contributed by atoms with Gasteiger partial charge in [0.1, 0.15) is 17.6 Å². The van der Waals surface area contributed by atoms with E-state index in [4.69, 9.17) is 35.0 Å². The molecule has 302 valence electrons. The summed E-state index contributed by atoms with van der Waals surface area (Å²) in [7, 11) is 1.19. The first-order chi connectivity index (χ1) is 27.0. The normalized spacial score (nSPS) is 25.3. The van der Waals surface area contributed by atoms with Crippen LogP contribution in [0.25, 0.3) is 4.85 Å². The summed E-state index contributed by atoms with van der Waals surface area (Å²) in [6, 6.07) is 3.15. The van der Waals surface area contributed by atoms with Crippen molar-refractivity contribution in [3.05, 3.63) is 46.1 Å². The van der Waals surface area contributed by atoms with Gasteiger partial charge in [-0.05, 0) is 108 Å². The van der Waals surface area contributed by atoms with Gasteiger partial charge in [-0.2, -0.15) is 0 Å². The molecule has 15 heteroatoms. The number of ether oxygens (including phenoxy) is 6. The van der Waals surface area contributed by atoms with Crippen molar-refractivity contribution < 1.29 is 57.2 Å². The molecule has 1 aliphatic heterocycles. The molecule has 0 N–H and O–H groups in total. The maximum atomic E-state index is 13.5. The lowest BCUT2D eigenvalue weighted by atomic mass is 9.82. The average Bonchev–Trinajstić information content (AvgIpc) is 3.66. The number of unbranched alkanes of at least 4 members (excludes halogenated alkanes) is 1. The minimum absolute atomic E-state index is 0.214. The first kappa shape index (κ1) is 42.8. The zero-order chi connectivity index (χ0) is 40.2. The third-order valence-corrected chi connectivity index (χ3v) is 13.4. The molecular formula is C41H49NO12S2. The van der Waals surface area contributed by atoms with Crippen LogP contribution in [0.2, 0.25) is 0 Å². The Labute approximate surface area is 335 Å². The molecular weight excluding hydrogens is 763 g/mol. The average molecular weight is 812 g/mol. The summed E-state index contributed by atoms with van der Waals surface area (Å²) in [6.07, 6.45) is 9.38. The van der Waals surface area contributed by atoms with Gasteiger partial charge < -0.3 is 28.4 Å². The van der Waals surface area contributed by atoms with E-state index in [1.54, 1.807) is 12.1 Å². The number of hydrogen-bond donors (Lipinski definition) is 0. The summed E-state index contributed by atoms with van der Waals surface area (Å²) in [5.74, 6) is -2.74. The lowest BCUT2D eigenvalue weighted by Gasteiger charge is -2.30. The minimum Gasteiger partial charge on any atom is -0.474 e. The van der Waals surface area contributed by atoms with Crippen LogP contribution in [0.1, 0.15) is 96.8 Å². The molecule has 3 fully saturated rings. The van der Waals surface area contributed by atoms with E-state index in [9.17, 15) is 28.8 Å². The molecule has 1 heterocycles. The monoisotopic (exact) mass is 811 g/mol. The van der Waals surface area contributed by atoms with Crippen LogP contribution in [0.3, 0.4) is 0 Å². The Kier molecular flexibility index (Phi) is 15.9. The van der Waals surface area contributed by atoms with Gasteiger partial charge in [0.25, 0.3) is 5.70 Å². The molecule has 0 saturated heterocycles. The van der Waals surface area contributed by atoms with Gasteiger partial charge in [0.15, 0.2) is 0 Å². The van der Waals surface area contributed by atoms with Crippen LogP contribution in [-0.4, -0.2) is 62.2 Å². The first-order valence-electron chi connectivity index (χ1n) is 19.3. The fourth-order valence-corrected chi connectivity index (χ4v) is 9.85. The molecule has 0 atom stereocenters. The van der Waals surface area contributed by atoms with E-state index < -0.39 is 23.8 Å². The lowest BCUT2D eigenvalue weighted by molar-refractivity contribution is -0.160. The molecule has 3 saturated carbocycles. The predicted octanol–water partition coefficient (Wildman–Crippen LogP) is 7.74. The molecule has 0 radical (unpaired) electrons. The van der Waals surface area contributed by atoms with E-state index >= 15 is 0 Å². The van der Waals surface area contributed by atoms with Crippen molar-refractivity contribution in [3.63, 3.8) is 0 Å². The number of fused-ring (bicyclic) bond motifs is 1. The summed E-state index contributed by atoms with van der Waals surface area (Å²) >= 11 is 2.20. The number of carbonyl (C=O) groups is 6. The number of rotatable bonds is 14. The van der Waals surface area contributed by atoms with E-state index in [2.05, 4.69) is 18.3 Å². The summed E-state index contributed by atoms with van der Waals surface area (Å²) in [4.78, 5) is 80.0. The van der Waals surface area contributed by atoms with Crippen molar-refractivity contribution in [1.82, 2.24) is 0 Å². The van der Waals surface area contributed by atoms with Crippen molar-refractivity contribution in [1.29, 1.82) is 0 Å². The second-order valence-corrected chi connectivity index (χ2v) is 17.0. The number of esters is 6. The van der Waals surface area contributed by atoms with Crippen LogP contribution in [0, 0.1) is 36.2 Å². The van der Waals surface area contributed by atoms with Crippen molar-refractivity contribution in [2.75, 3.05) is 20.3 Å². The zero-order valence-corrected chi connectivity index (χ0v) is 33.5. The molecule has 56 heavy (non-hydrogen) atoms. The molecule has 4 aliphatic rings. The molecule has 0 amide bonds. The van der Waals surface area contributed by atoms with E-state index in [0.29, 0.717) is 84.2 Å². The highest BCUT2D eigenvalue weighted by Crippen LogP contribution is 2.59. The maximum absolute atomic E-state index is 13.5. The highest BCUT2D eigenvalue weighted by Gasteiger charge is 2.37. The molecule has 1 aromatic carbocycles.